The number of benzene rings is 1. The van der Waals surface area contributed by atoms with Crippen molar-refractivity contribution in [3.05, 3.63) is 35.7 Å². The van der Waals surface area contributed by atoms with Crippen LogP contribution in [0.3, 0.4) is 0 Å². The van der Waals surface area contributed by atoms with Gasteiger partial charge in [-0.3, -0.25) is 0 Å². The van der Waals surface area contributed by atoms with Crippen molar-refractivity contribution in [1.29, 1.82) is 0 Å². The Kier molecular flexibility index (Phi) is 3.86. The molecule has 0 fully saturated rings. The van der Waals surface area contributed by atoms with Crippen molar-refractivity contribution in [2.45, 2.75) is 58.7 Å². The van der Waals surface area contributed by atoms with Crippen LogP contribution < -0.4 is 5.32 Å². The van der Waals surface area contributed by atoms with E-state index in [1.165, 1.54) is 0 Å². The van der Waals surface area contributed by atoms with Crippen LogP contribution in [0.25, 0.3) is 0 Å². The lowest BCUT2D eigenvalue weighted by Crippen LogP contribution is -2.53. The number of hydrogen-bond donors (Lipinski definition) is 1. The quantitative estimate of drug-likeness (QED) is 0.801. The van der Waals surface area contributed by atoms with Gasteiger partial charge in [-0.25, -0.2) is 4.68 Å². The maximum atomic E-state index is 5.68. The first kappa shape index (κ1) is 16.8. The average molecular weight is 344 g/mol. The molecule has 1 aromatic heterocycles. The molecule has 3 rings (SSSR count). The van der Waals surface area contributed by atoms with Crippen LogP contribution in [0.2, 0.25) is 0 Å². The highest BCUT2D eigenvalue weighted by Gasteiger charge is 2.41. The van der Waals surface area contributed by atoms with Crippen LogP contribution in [0.15, 0.2) is 24.3 Å². The fourth-order valence-electron chi connectivity index (χ4n) is 3.07. The highest BCUT2D eigenvalue weighted by Crippen LogP contribution is 2.41. The number of thiocarbonyl (C=S) groups is 1. The zero-order valence-corrected chi connectivity index (χ0v) is 15.8. The molecule has 0 saturated carbocycles. The number of tetrazole rings is 1. The van der Waals surface area contributed by atoms with Crippen molar-refractivity contribution < 1.29 is 0 Å². The fourth-order valence-corrected chi connectivity index (χ4v) is 3.56. The summed E-state index contributed by atoms with van der Waals surface area (Å²) in [7, 11) is 0. The maximum Gasteiger partial charge on any atom is 0.179 e. The van der Waals surface area contributed by atoms with Crippen LogP contribution in [0.1, 0.15) is 59.0 Å². The van der Waals surface area contributed by atoms with Crippen molar-refractivity contribution in [2.24, 2.45) is 0 Å². The van der Waals surface area contributed by atoms with Crippen LogP contribution in [-0.2, 0) is 5.54 Å². The van der Waals surface area contributed by atoms with Crippen LogP contribution >= 0.6 is 12.2 Å². The first-order chi connectivity index (χ1) is 11.1. The SMILES string of the molecule is CC(C)(C)N1C(=S)Nc2ccccc2C1c1nnnn1C(C)(C)C. The summed E-state index contributed by atoms with van der Waals surface area (Å²) < 4.78 is 1.89. The van der Waals surface area contributed by atoms with Crippen molar-refractivity contribution >= 4 is 23.0 Å². The molecule has 2 heterocycles. The van der Waals surface area contributed by atoms with Gasteiger partial charge in [-0.1, -0.05) is 18.2 Å². The second-order valence-electron chi connectivity index (χ2n) is 8.08. The van der Waals surface area contributed by atoms with Gasteiger partial charge in [0.1, 0.15) is 6.04 Å². The van der Waals surface area contributed by atoms with E-state index in [0.717, 1.165) is 17.1 Å². The fraction of sp³-hybridized carbons (Fsp3) is 0.529. The van der Waals surface area contributed by atoms with Crippen LogP contribution in [0, 0.1) is 0 Å². The molecule has 128 valence electrons. The lowest BCUT2D eigenvalue weighted by Gasteiger charge is -2.46. The summed E-state index contributed by atoms with van der Waals surface area (Å²) in [5.74, 6) is 0.800. The molecule has 1 aromatic carbocycles. The third kappa shape index (κ3) is 2.77. The molecule has 1 atom stereocenters. The summed E-state index contributed by atoms with van der Waals surface area (Å²) in [6.45, 7) is 12.7. The van der Waals surface area contributed by atoms with E-state index in [9.17, 15) is 0 Å². The minimum Gasteiger partial charge on any atom is -0.332 e. The van der Waals surface area contributed by atoms with E-state index in [1.54, 1.807) is 0 Å². The number of hydrogen-bond acceptors (Lipinski definition) is 4. The van der Waals surface area contributed by atoms with Gasteiger partial charge in [-0.05, 0) is 70.3 Å². The first-order valence-electron chi connectivity index (χ1n) is 8.09. The van der Waals surface area contributed by atoms with Crippen LogP contribution in [0.5, 0.6) is 0 Å². The maximum absolute atomic E-state index is 5.68. The molecule has 0 radical (unpaired) electrons. The van der Waals surface area contributed by atoms with Crippen LogP contribution in [0.4, 0.5) is 5.69 Å². The normalized spacial score (nSPS) is 18.3. The Morgan fingerprint density at radius 1 is 1.04 bits per heavy atom. The first-order valence-corrected chi connectivity index (χ1v) is 8.49. The topological polar surface area (TPSA) is 58.9 Å². The lowest BCUT2D eigenvalue weighted by atomic mass is 9.94. The summed E-state index contributed by atoms with van der Waals surface area (Å²) in [5.41, 5.74) is 1.73. The lowest BCUT2D eigenvalue weighted by molar-refractivity contribution is 0.181. The summed E-state index contributed by atoms with van der Waals surface area (Å²) in [5, 5.41) is 16.6. The third-order valence-corrected chi connectivity index (χ3v) is 4.37. The smallest absolute Gasteiger partial charge is 0.179 e. The highest BCUT2D eigenvalue weighted by molar-refractivity contribution is 7.80. The number of para-hydroxylation sites is 1. The molecule has 2 aromatic rings. The van der Waals surface area contributed by atoms with Gasteiger partial charge in [-0.2, -0.15) is 0 Å². The molecule has 0 amide bonds. The van der Waals surface area contributed by atoms with E-state index in [0.29, 0.717) is 5.11 Å². The van der Waals surface area contributed by atoms with E-state index in [4.69, 9.17) is 12.2 Å². The Bertz CT molecular complexity index is 768. The summed E-state index contributed by atoms with van der Waals surface area (Å²) in [4.78, 5) is 2.18. The molecular weight excluding hydrogens is 320 g/mol. The average Bonchev–Trinajstić information content (AvgIpc) is 2.93. The molecule has 1 aliphatic heterocycles. The second-order valence-corrected chi connectivity index (χ2v) is 8.47. The minimum absolute atomic E-state index is 0.135. The Hall–Kier alpha value is -2.02. The summed E-state index contributed by atoms with van der Waals surface area (Å²) >= 11 is 5.68. The van der Waals surface area contributed by atoms with Gasteiger partial charge < -0.3 is 10.2 Å². The van der Waals surface area contributed by atoms with Gasteiger partial charge in [-0.15, -0.1) is 5.10 Å². The third-order valence-electron chi connectivity index (χ3n) is 4.07. The van der Waals surface area contributed by atoms with Gasteiger partial charge >= 0.3 is 0 Å². The minimum atomic E-state index is -0.218. The van der Waals surface area contributed by atoms with E-state index >= 15 is 0 Å². The number of aromatic nitrogens is 4. The van der Waals surface area contributed by atoms with E-state index in [-0.39, 0.29) is 17.1 Å². The molecule has 7 heteroatoms. The number of fused-ring (bicyclic) bond motifs is 1. The Labute approximate surface area is 148 Å². The van der Waals surface area contributed by atoms with Gasteiger partial charge in [0.15, 0.2) is 10.9 Å². The van der Waals surface area contributed by atoms with Crippen LogP contribution in [-0.4, -0.2) is 35.8 Å². The van der Waals surface area contributed by atoms with Gasteiger partial charge in [0.2, 0.25) is 0 Å². The number of nitrogens with one attached hydrogen (secondary N) is 1. The number of nitrogens with zero attached hydrogens (tertiary/aromatic N) is 5. The van der Waals surface area contributed by atoms with Crippen molar-refractivity contribution in [3.63, 3.8) is 0 Å². The predicted molar refractivity (Wildman–Crippen MR) is 98.9 cm³/mol. The van der Waals surface area contributed by atoms with Gasteiger partial charge in [0.25, 0.3) is 0 Å². The largest absolute Gasteiger partial charge is 0.332 e. The zero-order valence-electron chi connectivity index (χ0n) is 15.0. The molecule has 1 aliphatic rings. The molecule has 24 heavy (non-hydrogen) atoms. The molecule has 0 saturated heterocycles. The predicted octanol–water partition coefficient (Wildman–Crippen LogP) is 3.33. The summed E-state index contributed by atoms with van der Waals surface area (Å²) in [6.07, 6.45) is 0. The monoisotopic (exact) mass is 344 g/mol. The molecule has 0 bridgehead atoms. The second kappa shape index (κ2) is 5.51. The van der Waals surface area contributed by atoms with E-state index in [1.807, 2.05) is 22.9 Å². The number of anilines is 1. The standard InChI is InChI=1S/C17H24N6S/c1-16(2,3)22-13(14-19-20-21-23(14)17(4,5)6)11-9-7-8-10-12(11)18-15(22)24/h7-10,13H,1-6H3,(H,18,24). The highest BCUT2D eigenvalue weighted by atomic mass is 32.1. The molecule has 1 N–H and O–H groups in total. The zero-order chi connectivity index (χ0) is 17.7. The van der Waals surface area contributed by atoms with Crippen molar-refractivity contribution in [2.75, 3.05) is 5.32 Å². The summed E-state index contributed by atoms with van der Waals surface area (Å²) in [6, 6.07) is 8.05. The Balaban J connectivity index is 2.25. The molecule has 1 unspecified atom stereocenters. The van der Waals surface area contributed by atoms with E-state index in [2.05, 4.69) is 73.4 Å². The number of rotatable bonds is 1. The molecule has 6 nitrogen and oxygen atoms in total. The van der Waals surface area contributed by atoms with Crippen molar-refractivity contribution in [3.8, 4) is 0 Å². The van der Waals surface area contributed by atoms with Gasteiger partial charge in [0.05, 0.1) is 5.54 Å². The van der Waals surface area contributed by atoms with Crippen molar-refractivity contribution in [1.82, 2.24) is 25.1 Å². The molecule has 0 aliphatic carbocycles. The molecular formula is C17H24N6S. The Morgan fingerprint density at radius 2 is 1.71 bits per heavy atom. The van der Waals surface area contributed by atoms with E-state index < -0.39 is 0 Å². The Morgan fingerprint density at radius 3 is 2.33 bits per heavy atom. The van der Waals surface area contributed by atoms with Gasteiger partial charge in [0, 0.05) is 16.8 Å². The molecule has 0 spiro atoms.